The van der Waals surface area contributed by atoms with E-state index in [9.17, 15) is 0 Å². The van der Waals surface area contributed by atoms with Gasteiger partial charge in [-0.05, 0) is 12.5 Å². The lowest BCUT2D eigenvalue weighted by Gasteiger charge is -1.93. The molecule has 0 heterocycles. The third kappa shape index (κ3) is 3.89. The van der Waals surface area contributed by atoms with Crippen molar-refractivity contribution < 1.29 is 4.74 Å². The van der Waals surface area contributed by atoms with E-state index in [0.29, 0.717) is 5.90 Å². The van der Waals surface area contributed by atoms with Gasteiger partial charge in [0.2, 0.25) is 0 Å². The van der Waals surface area contributed by atoms with Crippen molar-refractivity contribution in [1.82, 2.24) is 0 Å². The predicted molar refractivity (Wildman–Crippen MR) is 44.1 cm³/mol. The molecule has 0 aromatic carbocycles. The zero-order valence-corrected chi connectivity index (χ0v) is 6.72. The summed E-state index contributed by atoms with van der Waals surface area (Å²) in [5.74, 6) is 0.654. The van der Waals surface area contributed by atoms with Crippen LogP contribution in [0.2, 0.25) is 0 Å². The second-order valence-corrected chi connectivity index (χ2v) is 1.93. The van der Waals surface area contributed by atoms with Gasteiger partial charge in [-0.15, -0.1) is 0 Å². The highest BCUT2D eigenvalue weighted by Gasteiger charge is 1.81. The van der Waals surface area contributed by atoms with Gasteiger partial charge < -0.3 is 4.74 Å². The minimum Gasteiger partial charge on any atom is -0.484 e. The molecule has 0 fully saturated rings. The number of aliphatic imine (C=N–C) groups is 1. The number of hydrogen-bond donors (Lipinski definition) is 0. The standard InChI is InChI=1S/C8H13NO/c1-5-7(2)6-9-8(3)10-4/h5-6H,1H2,2-4H3/b7-6-,9-8?. The molecule has 0 radical (unpaired) electrons. The zero-order chi connectivity index (χ0) is 7.98. The zero-order valence-electron chi connectivity index (χ0n) is 6.72. The van der Waals surface area contributed by atoms with Crippen molar-refractivity contribution in [2.24, 2.45) is 4.99 Å². The van der Waals surface area contributed by atoms with Crippen LogP contribution in [0.4, 0.5) is 0 Å². The highest BCUT2D eigenvalue weighted by Crippen LogP contribution is 1.93. The quantitative estimate of drug-likeness (QED) is 0.326. The first kappa shape index (κ1) is 8.95. The van der Waals surface area contributed by atoms with E-state index in [2.05, 4.69) is 11.6 Å². The maximum absolute atomic E-state index is 4.82. The molecular formula is C8H13NO. The Balaban J connectivity index is 4.03. The third-order valence-electron chi connectivity index (χ3n) is 1.07. The molecule has 0 aromatic heterocycles. The van der Waals surface area contributed by atoms with Crippen LogP contribution in [0, 0.1) is 0 Å². The molecule has 56 valence electrons. The Morgan fingerprint density at radius 1 is 1.50 bits per heavy atom. The molecule has 0 rings (SSSR count). The SMILES string of the molecule is C=C/C(C)=C\N=C(C)OC. The molecule has 0 aromatic rings. The molecule has 0 aliphatic heterocycles. The fraction of sp³-hybridized carbons (Fsp3) is 0.375. The van der Waals surface area contributed by atoms with Gasteiger partial charge in [-0.1, -0.05) is 12.7 Å². The van der Waals surface area contributed by atoms with Crippen molar-refractivity contribution in [3.05, 3.63) is 24.4 Å². The molecule has 0 bridgehead atoms. The van der Waals surface area contributed by atoms with Gasteiger partial charge in [-0.25, -0.2) is 4.99 Å². The normalized spacial score (nSPS) is 13.1. The summed E-state index contributed by atoms with van der Waals surface area (Å²) in [5, 5.41) is 0. The number of hydrogen-bond acceptors (Lipinski definition) is 2. The Hall–Kier alpha value is -1.05. The van der Waals surface area contributed by atoms with Crippen LogP contribution in [-0.2, 0) is 4.74 Å². The lowest BCUT2D eigenvalue weighted by Crippen LogP contribution is -1.91. The minimum atomic E-state index is 0.654. The van der Waals surface area contributed by atoms with Gasteiger partial charge in [0.25, 0.3) is 0 Å². The summed E-state index contributed by atoms with van der Waals surface area (Å²) in [6, 6.07) is 0. The van der Waals surface area contributed by atoms with Crippen LogP contribution in [0.5, 0.6) is 0 Å². The lowest BCUT2D eigenvalue weighted by molar-refractivity contribution is 0.400. The van der Waals surface area contributed by atoms with Gasteiger partial charge in [0, 0.05) is 13.1 Å². The summed E-state index contributed by atoms with van der Waals surface area (Å²) < 4.78 is 4.82. The molecule has 0 saturated carbocycles. The smallest absolute Gasteiger partial charge is 0.184 e. The van der Waals surface area contributed by atoms with Crippen molar-refractivity contribution in [3.8, 4) is 0 Å². The number of allylic oxidation sites excluding steroid dienone is 2. The predicted octanol–water partition coefficient (Wildman–Crippen LogP) is 2.14. The van der Waals surface area contributed by atoms with Crippen LogP contribution in [0.1, 0.15) is 13.8 Å². The third-order valence-corrected chi connectivity index (χ3v) is 1.07. The van der Waals surface area contributed by atoms with Gasteiger partial charge >= 0.3 is 0 Å². The van der Waals surface area contributed by atoms with E-state index in [1.54, 1.807) is 26.3 Å². The van der Waals surface area contributed by atoms with Gasteiger partial charge in [-0.2, -0.15) is 0 Å². The molecule has 0 saturated heterocycles. The molecule has 0 unspecified atom stereocenters. The number of methoxy groups -OCH3 is 1. The Morgan fingerprint density at radius 2 is 2.10 bits per heavy atom. The first-order chi connectivity index (χ1) is 4.70. The van der Waals surface area contributed by atoms with Crippen molar-refractivity contribution in [3.63, 3.8) is 0 Å². The Labute approximate surface area is 61.9 Å². The summed E-state index contributed by atoms with van der Waals surface area (Å²) >= 11 is 0. The summed E-state index contributed by atoms with van der Waals surface area (Å²) in [4.78, 5) is 3.97. The topological polar surface area (TPSA) is 21.6 Å². The average Bonchev–Trinajstić information content (AvgIpc) is 1.99. The van der Waals surface area contributed by atoms with Gasteiger partial charge in [0.15, 0.2) is 5.90 Å². The largest absolute Gasteiger partial charge is 0.484 e. The van der Waals surface area contributed by atoms with E-state index in [4.69, 9.17) is 4.74 Å². The van der Waals surface area contributed by atoms with Gasteiger partial charge in [0.05, 0.1) is 7.11 Å². The maximum Gasteiger partial charge on any atom is 0.184 e. The maximum atomic E-state index is 4.82. The van der Waals surface area contributed by atoms with E-state index in [1.807, 2.05) is 6.92 Å². The molecule has 2 heteroatoms. The van der Waals surface area contributed by atoms with Crippen molar-refractivity contribution in [2.45, 2.75) is 13.8 Å². The Kier molecular flexibility index (Phi) is 4.29. The molecule has 0 aliphatic carbocycles. The second-order valence-electron chi connectivity index (χ2n) is 1.93. The molecule has 0 N–H and O–H groups in total. The lowest BCUT2D eigenvalue weighted by atomic mass is 10.3. The van der Waals surface area contributed by atoms with Crippen LogP contribution < -0.4 is 0 Å². The average molecular weight is 139 g/mol. The van der Waals surface area contributed by atoms with Gasteiger partial charge in [0.1, 0.15) is 0 Å². The molecule has 0 atom stereocenters. The van der Waals surface area contributed by atoms with Crippen molar-refractivity contribution in [2.75, 3.05) is 7.11 Å². The van der Waals surface area contributed by atoms with Crippen LogP contribution in [0.25, 0.3) is 0 Å². The Bertz CT molecular complexity index is 168. The first-order valence-electron chi connectivity index (χ1n) is 3.08. The minimum absolute atomic E-state index is 0.654. The van der Waals surface area contributed by atoms with Crippen molar-refractivity contribution >= 4 is 5.90 Å². The summed E-state index contributed by atoms with van der Waals surface area (Å²) in [6.45, 7) is 7.31. The fourth-order valence-corrected chi connectivity index (χ4v) is 0.298. The Morgan fingerprint density at radius 3 is 2.50 bits per heavy atom. The van der Waals surface area contributed by atoms with Crippen LogP contribution in [0.15, 0.2) is 29.4 Å². The van der Waals surface area contributed by atoms with E-state index in [1.165, 1.54) is 0 Å². The van der Waals surface area contributed by atoms with Crippen LogP contribution in [-0.4, -0.2) is 13.0 Å². The molecule has 10 heavy (non-hydrogen) atoms. The molecule has 0 spiro atoms. The first-order valence-corrected chi connectivity index (χ1v) is 3.08. The number of rotatable bonds is 2. The second kappa shape index (κ2) is 4.79. The van der Waals surface area contributed by atoms with Crippen LogP contribution in [0.3, 0.4) is 0 Å². The van der Waals surface area contributed by atoms with Gasteiger partial charge in [-0.3, -0.25) is 0 Å². The summed E-state index contributed by atoms with van der Waals surface area (Å²) in [6.07, 6.45) is 3.46. The molecular weight excluding hydrogens is 126 g/mol. The van der Waals surface area contributed by atoms with E-state index < -0.39 is 0 Å². The van der Waals surface area contributed by atoms with Crippen molar-refractivity contribution in [1.29, 1.82) is 0 Å². The summed E-state index contributed by atoms with van der Waals surface area (Å²) in [5.41, 5.74) is 1.02. The number of ether oxygens (including phenoxy) is 1. The van der Waals surface area contributed by atoms with E-state index in [0.717, 1.165) is 5.57 Å². The monoisotopic (exact) mass is 139 g/mol. The van der Waals surface area contributed by atoms with E-state index >= 15 is 0 Å². The number of nitrogens with zero attached hydrogens (tertiary/aromatic N) is 1. The highest BCUT2D eigenvalue weighted by molar-refractivity contribution is 5.73. The molecule has 2 nitrogen and oxygen atoms in total. The van der Waals surface area contributed by atoms with E-state index in [-0.39, 0.29) is 0 Å². The van der Waals surface area contributed by atoms with Crippen LogP contribution >= 0.6 is 0 Å². The fourth-order valence-electron chi connectivity index (χ4n) is 0.298. The molecule has 0 aliphatic rings. The summed E-state index contributed by atoms with van der Waals surface area (Å²) in [7, 11) is 1.59. The molecule has 0 amide bonds. The highest BCUT2D eigenvalue weighted by atomic mass is 16.5.